The van der Waals surface area contributed by atoms with Crippen molar-refractivity contribution >= 4 is 11.3 Å². The Morgan fingerprint density at radius 2 is 1.82 bits per heavy atom. The number of nitrogens with zero attached hydrogens (tertiary/aromatic N) is 2. The van der Waals surface area contributed by atoms with E-state index in [-0.39, 0.29) is 5.54 Å². The van der Waals surface area contributed by atoms with Crippen LogP contribution in [0, 0.1) is 0 Å². The quantitative estimate of drug-likeness (QED) is 0.905. The Morgan fingerprint density at radius 1 is 1.12 bits per heavy atom. The van der Waals surface area contributed by atoms with Crippen molar-refractivity contribution < 1.29 is 0 Å². The Morgan fingerprint density at radius 3 is 2.47 bits per heavy atom. The zero-order valence-electron chi connectivity index (χ0n) is 10.4. The number of rotatable bonds is 3. The molecule has 1 heterocycles. The topological polar surface area (TPSA) is 37.8 Å². The number of hydrogen-bond donors (Lipinski definition) is 1. The smallest absolute Gasteiger partial charge is 0.147 e. The van der Waals surface area contributed by atoms with Crippen LogP contribution in [0.4, 0.5) is 0 Å². The van der Waals surface area contributed by atoms with Gasteiger partial charge in [-0.05, 0) is 20.8 Å². The molecule has 0 aliphatic heterocycles. The van der Waals surface area contributed by atoms with Gasteiger partial charge in [0.2, 0.25) is 0 Å². The lowest BCUT2D eigenvalue weighted by Gasteiger charge is -2.19. The maximum atomic E-state index is 4.22. The lowest BCUT2D eigenvalue weighted by atomic mass is 10.1. The summed E-state index contributed by atoms with van der Waals surface area (Å²) in [6.45, 7) is 7.21. The third kappa shape index (κ3) is 3.61. The molecular weight excluding hydrogens is 230 g/mol. The highest BCUT2D eigenvalue weighted by atomic mass is 32.1. The first-order chi connectivity index (χ1) is 8.04. The Labute approximate surface area is 106 Å². The molecule has 0 unspecified atom stereocenters. The van der Waals surface area contributed by atoms with Crippen LogP contribution in [-0.4, -0.2) is 15.7 Å². The molecule has 2 aromatic rings. The first-order valence-corrected chi connectivity index (χ1v) is 6.49. The molecule has 0 atom stereocenters. The summed E-state index contributed by atoms with van der Waals surface area (Å²) in [5, 5.41) is 13.8. The highest BCUT2D eigenvalue weighted by Crippen LogP contribution is 2.23. The van der Waals surface area contributed by atoms with Crippen LogP contribution in [0.3, 0.4) is 0 Å². The minimum atomic E-state index is 0.110. The second kappa shape index (κ2) is 4.94. The van der Waals surface area contributed by atoms with E-state index in [9.17, 15) is 0 Å². The summed E-state index contributed by atoms with van der Waals surface area (Å²) in [4.78, 5) is 0. The Kier molecular flexibility index (Phi) is 3.54. The molecule has 0 saturated heterocycles. The van der Waals surface area contributed by atoms with Crippen molar-refractivity contribution in [2.75, 3.05) is 0 Å². The first-order valence-electron chi connectivity index (χ1n) is 5.67. The van der Waals surface area contributed by atoms with E-state index in [4.69, 9.17) is 0 Å². The van der Waals surface area contributed by atoms with E-state index in [1.54, 1.807) is 11.3 Å². The molecule has 3 nitrogen and oxygen atoms in total. The number of aromatic nitrogens is 2. The Hall–Kier alpha value is -1.26. The molecule has 0 radical (unpaired) electrons. The summed E-state index contributed by atoms with van der Waals surface area (Å²) in [6, 6.07) is 10.2. The minimum absolute atomic E-state index is 0.110. The number of hydrogen-bond acceptors (Lipinski definition) is 4. The summed E-state index contributed by atoms with van der Waals surface area (Å²) in [5.74, 6) is 0. The third-order valence-electron chi connectivity index (χ3n) is 2.26. The molecule has 1 N–H and O–H groups in total. The molecule has 4 heteroatoms. The van der Waals surface area contributed by atoms with E-state index in [0.29, 0.717) is 0 Å². The standard InChI is InChI=1S/C13H17N3S/c1-13(2,3)14-9-11-15-16-12(17-11)10-7-5-4-6-8-10/h4-8,14H,9H2,1-3H3. The van der Waals surface area contributed by atoms with Crippen molar-refractivity contribution in [2.24, 2.45) is 0 Å². The first kappa shape index (κ1) is 12.2. The predicted molar refractivity (Wildman–Crippen MR) is 71.9 cm³/mol. The summed E-state index contributed by atoms with van der Waals surface area (Å²) in [6.07, 6.45) is 0. The van der Waals surface area contributed by atoms with Crippen LogP contribution < -0.4 is 5.32 Å². The zero-order chi connectivity index (χ0) is 12.3. The summed E-state index contributed by atoms with van der Waals surface area (Å²) < 4.78 is 0. The molecule has 0 spiro atoms. The van der Waals surface area contributed by atoms with Gasteiger partial charge in [-0.2, -0.15) is 0 Å². The zero-order valence-corrected chi connectivity index (χ0v) is 11.2. The molecule has 0 saturated carbocycles. The summed E-state index contributed by atoms with van der Waals surface area (Å²) in [5.41, 5.74) is 1.24. The molecule has 0 amide bonds. The summed E-state index contributed by atoms with van der Waals surface area (Å²) >= 11 is 1.64. The lowest BCUT2D eigenvalue weighted by Crippen LogP contribution is -2.35. The minimum Gasteiger partial charge on any atom is -0.306 e. The number of nitrogens with one attached hydrogen (secondary N) is 1. The fourth-order valence-corrected chi connectivity index (χ4v) is 2.15. The van der Waals surface area contributed by atoms with Crippen LogP contribution >= 0.6 is 11.3 Å². The van der Waals surface area contributed by atoms with E-state index in [2.05, 4.69) is 48.4 Å². The summed E-state index contributed by atoms with van der Waals surface area (Å²) in [7, 11) is 0. The number of benzene rings is 1. The normalized spacial score (nSPS) is 11.7. The second-order valence-electron chi connectivity index (χ2n) is 4.97. The fourth-order valence-electron chi connectivity index (χ4n) is 1.36. The van der Waals surface area contributed by atoms with Gasteiger partial charge < -0.3 is 5.32 Å². The van der Waals surface area contributed by atoms with E-state index in [1.807, 2.05) is 18.2 Å². The van der Waals surface area contributed by atoms with Gasteiger partial charge in [-0.3, -0.25) is 0 Å². The van der Waals surface area contributed by atoms with Gasteiger partial charge in [0.05, 0.1) is 6.54 Å². The van der Waals surface area contributed by atoms with Gasteiger partial charge in [-0.1, -0.05) is 41.7 Å². The van der Waals surface area contributed by atoms with Crippen LogP contribution in [-0.2, 0) is 6.54 Å². The molecule has 0 aliphatic rings. The SMILES string of the molecule is CC(C)(C)NCc1nnc(-c2ccccc2)s1. The maximum Gasteiger partial charge on any atom is 0.147 e. The molecule has 90 valence electrons. The fraction of sp³-hybridized carbons (Fsp3) is 0.385. The van der Waals surface area contributed by atoms with Crippen molar-refractivity contribution in [2.45, 2.75) is 32.9 Å². The Bertz CT molecular complexity index is 471. The Balaban J connectivity index is 2.07. The van der Waals surface area contributed by atoms with E-state index < -0.39 is 0 Å². The molecule has 1 aromatic carbocycles. The molecule has 0 aliphatic carbocycles. The van der Waals surface area contributed by atoms with Crippen LogP contribution in [0.25, 0.3) is 10.6 Å². The molecule has 0 fully saturated rings. The van der Waals surface area contributed by atoms with Crippen molar-refractivity contribution in [3.63, 3.8) is 0 Å². The van der Waals surface area contributed by atoms with Gasteiger partial charge >= 0.3 is 0 Å². The van der Waals surface area contributed by atoms with E-state index >= 15 is 0 Å². The van der Waals surface area contributed by atoms with E-state index in [1.165, 1.54) is 0 Å². The van der Waals surface area contributed by atoms with Gasteiger partial charge in [0.15, 0.2) is 0 Å². The molecule has 2 rings (SSSR count). The van der Waals surface area contributed by atoms with Crippen molar-refractivity contribution in [1.82, 2.24) is 15.5 Å². The van der Waals surface area contributed by atoms with E-state index in [0.717, 1.165) is 22.1 Å². The van der Waals surface area contributed by atoms with Crippen molar-refractivity contribution in [1.29, 1.82) is 0 Å². The van der Waals surface area contributed by atoms with Crippen molar-refractivity contribution in [3.8, 4) is 10.6 Å². The van der Waals surface area contributed by atoms with Crippen LogP contribution in [0.1, 0.15) is 25.8 Å². The average Bonchev–Trinajstić information content (AvgIpc) is 2.75. The predicted octanol–water partition coefficient (Wildman–Crippen LogP) is 3.09. The van der Waals surface area contributed by atoms with Gasteiger partial charge in [0, 0.05) is 11.1 Å². The lowest BCUT2D eigenvalue weighted by molar-refractivity contribution is 0.423. The third-order valence-corrected chi connectivity index (χ3v) is 3.23. The molecular formula is C13H17N3S. The van der Waals surface area contributed by atoms with Gasteiger partial charge in [-0.15, -0.1) is 10.2 Å². The highest BCUT2D eigenvalue weighted by Gasteiger charge is 2.11. The van der Waals surface area contributed by atoms with Crippen LogP contribution in [0.15, 0.2) is 30.3 Å². The maximum absolute atomic E-state index is 4.22. The van der Waals surface area contributed by atoms with Gasteiger partial charge in [-0.25, -0.2) is 0 Å². The van der Waals surface area contributed by atoms with Crippen molar-refractivity contribution in [3.05, 3.63) is 35.3 Å². The molecule has 0 bridgehead atoms. The average molecular weight is 247 g/mol. The largest absolute Gasteiger partial charge is 0.306 e. The molecule has 17 heavy (non-hydrogen) atoms. The van der Waals surface area contributed by atoms with Crippen LogP contribution in [0.2, 0.25) is 0 Å². The molecule has 1 aromatic heterocycles. The van der Waals surface area contributed by atoms with Gasteiger partial charge in [0.1, 0.15) is 10.0 Å². The second-order valence-corrected chi connectivity index (χ2v) is 6.03. The van der Waals surface area contributed by atoms with Gasteiger partial charge in [0.25, 0.3) is 0 Å². The highest BCUT2D eigenvalue weighted by molar-refractivity contribution is 7.14. The van der Waals surface area contributed by atoms with Crippen LogP contribution in [0.5, 0.6) is 0 Å². The monoisotopic (exact) mass is 247 g/mol.